The summed E-state index contributed by atoms with van der Waals surface area (Å²) in [5.41, 5.74) is -0.0992. The molecule has 2 rings (SSSR count). The minimum atomic E-state index is -4.48. The minimum absolute atomic E-state index is 0.00957. The number of halogens is 4. The summed E-state index contributed by atoms with van der Waals surface area (Å²) in [5.74, 6) is -0.922. The number of nitro groups is 1. The van der Waals surface area contributed by atoms with Crippen LogP contribution in [0.25, 0.3) is 0 Å². The van der Waals surface area contributed by atoms with E-state index in [-0.39, 0.29) is 27.8 Å². The number of nitrogens with one attached hydrogen (secondary N) is 1. The molecule has 0 aliphatic carbocycles. The van der Waals surface area contributed by atoms with Crippen LogP contribution in [0.5, 0.6) is 5.88 Å². The number of aromatic nitrogens is 1. The molecule has 7 nitrogen and oxygen atoms in total. The second-order valence-corrected chi connectivity index (χ2v) is 5.07. The highest BCUT2D eigenvalue weighted by molar-refractivity contribution is 6.34. The van der Waals surface area contributed by atoms with Crippen LogP contribution in [0.3, 0.4) is 0 Å². The molecule has 1 N–H and O–H groups in total. The number of rotatable bonds is 5. The fourth-order valence-corrected chi connectivity index (χ4v) is 1.96. The highest BCUT2D eigenvalue weighted by atomic mass is 35.5. The molecule has 0 aliphatic heterocycles. The molecule has 0 radical (unpaired) electrons. The van der Waals surface area contributed by atoms with E-state index in [1.54, 1.807) is 0 Å². The first-order valence-electron chi connectivity index (χ1n) is 6.56. The summed E-state index contributed by atoms with van der Waals surface area (Å²) in [6, 6.07) is 5.77. The molecule has 0 saturated heterocycles. The van der Waals surface area contributed by atoms with E-state index in [0.29, 0.717) is 0 Å². The quantitative estimate of drug-likeness (QED) is 0.633. The number of carbonyl (C=O) groups excluding carboxylic acids is 1. The highest BCUT2D eigenvalue weighted by Crippen LogP contribution is 2.24. The molecule has 1 aromatic carbocycles. The average Bonchev–Trinajstić information content (AvgIpc) is 2.53. The third-order valence-corrected chi connectivity index (χ3v) is 3.10. The van der Waals surface area contributed by atoms with Gasteiger partial charge < -0.3 is 10.1 Å². The summed E-state index contributed by atoms with van der Waals surface area (Å²) in [7, 11) is 0. The molecule has 132 valence electrons. The standard InChI is InChI=1S/C14H9ClF3N3O4/c15-11-5-9(21(23)24)2-3-10(11)13(22)20-8-1-4-12(19-6-8)25-7-14(16,17)18/h1-6H,7H2,(H,20,22). The molecule has 1 amide bonds. The third-order valence-electron chi connectivity index (χ3n) is 2.79. The van der Waals surface area contributed by atoms with Gasteiger partial charge in [-0.3, -0.25) is 14.9 Å². The fraction of sp³-hybridized carbons (Fsp3) is 0.143. The lowest BCUT2D eigenvalue weighted by Crippen LogP contribution is -2.19. The summed E-state index contributed by atoms with van der Waals surface area (Å²) in [6.07, 6.45) is -3.38. The number of alkyl halides is 3. The Labute approximate surface area is 143 Å². The summed E-state index contributed by atoms with van der Waals surface area (Å²) >= 11 is 5.84. The second kappa shape index (κ2) is 7.34. The number of hydrogen-bond acceptors (Lipinski definition) is 5. The van der Waals surface area contributed by atoms with Crippen LogP contribution in [0.1, 0.15) is 10.4 Å². The van der Waals surface area contributed by atoms with E-state index < -0.39 is 23.6 Å². The first kappa shape index (κ1) is 18.5. The van der Waals surface area contributed by atoms with E-state index in [1.807, 2.05) is 0 Å². The van der Waals surface area contributed by atoms with Crippen molar-refractivity contribution in [2.75, 3.05) is 11.9 Å². The maximum Gasteiger partial charge on any atom is 0.422 e. The maximum atomic E-state index is 12.1. The molecule has 0 aliphatic rings. The Kier molecular flexibility index (Phi) is 5.42. The molecule has 25 heavy (non-hydrogen) atoms. The molecular weight excluding hydrogens is 367 g/mol. The average molecular weight is 376 g/mol. The summed E-state index contributed by atoms with van der Waals surface area (Å²) in [4.78, 5) is 25.7. The van der Waals surface area contributed by atoms with E-state index in [2.05, 4.69) is 15.0 Å². The first-order valence-corrected chi connectivity index (χ1v) is 6.94. The predicted molar refractivity (Wildman–Crippen MR) is 81.8 cm³/mol. The Morgan fingerprint density at radius 2 is 2.04 bits per heavy atom. The van der Waals surface area contributed by atoms with Crippen molar-refractivity contribution in [2.24, 2.45) is 0 Å². The minimum Gasteiger partial charge on any atom is -0.468 e. The summed E-state index contributed by atoms with van der Waals surface area (Å²) in [5, 5.41) is 12.9. The van der Waals surface area contributed by atoms with Gasteiger partial charge in [-0.15, -0.1) is 0 Å². The third kappa shape index (κ3) is 5.31. The first-order chi connectivity index (χ1) is 11.7. The Morgan fingerprint density at radius 1 is 1.32 bits per heavy atom. The van der Waals surface area contributed by atoms with Gasteiger partial charge in [0, 0.05) is 18.2 Å². The van der Waals surface area contributed by atoms with Gasteiger partial charge in [0.05, 0.1) is 27.4 Å². The van der Waals surface area contributed by atoms with Gasteiger partial charge in [-0.25, -0.2) is 4.98 Å². The molecule has 0 fully saturated rings. The van der Waals surface area contributed by atoms with Gasteiger partial charge in [-0.2, -0.15) is 13.2 Å². The van der Waals surface area contributed by atoms with Crippen molar-refractivity contribution >= 4 is 28.9 Å². The lowest BCUT2D eigenvalue weighted by Gasteiger charge is -2.09. The molecule has 0 saturated carbocycles. The largest absolute Gasteiger partial charge is 0.468 e. The van der Waals surface area contributed by atoms with E-state index in [1.165, 1.54) is 12.1 Å². The molecule has 1 aromatic heterocycles. The number of benzene rings is 1. The molecular formula is C14H9ClF3N3O4. The van der Waals surface area contributed by atoms with E-state index in [0.717, 1.165) is 24.4 Å². The Bertz CT molecular complexity index is 797. The molecule has 0 spiro atoms. The van der Waals surface area contributed by atoms with Crippen molar-refractivity contribution < 1.29 is 27.6 Å². The molecule has 1 heterocycles. The predicted octanol–water partition coefficient (Wildman–Crippen LogP) is 3.84. The molecule has 0 unspecified atom stereocenters. The van der Waals surface area contributed by atoms with Crippen LogP contribution in [0.2, 0.25) is 5.02 Å². The van der Waals surface area contributed by atoms with Gasteiger partial charge in [-0.1, -0.05) is 11.6 Å². The number of hydrogen-bond donors (Lipinski definition) is 1. The fourth-order valence-electron chi connectivity index (χ4n) is 1.70. The van der Waals surface area contributed by atoms with Gasteiger partial charge in [0.1, 0.15) is 0 Å². The van der Waals surface area contributed by atoms with Crippen molar-refractivity contribution in [3.05, 3.63) is 57.2 Å². The van der Waals surface area contributed by atoms with Crippen molar-refractivity contribution in [3.63, 3.8) is 0 Å². The lowest BCUT2D eigenvalue weighted by molar-refractivity contribution is -0.384. The summed E-state index contributed by atoms with van der Waals surface area (Å²) < 4.78 is 40.5. The van der Waals surface area contributed by atoms with Gasteiger partial charge in [0.2, 0.25) is 5.88 Å². The van der Waals surface area contributed by atoms with Crippen LogP contribution in [-0.4, -0.2) is 28.6 Å². The monoisotopic (exact) mass is 375 g/mol. The number of non-ortho nitro benzene ring substituents is 1. The van der Waals surface area contributed by atoms with Crippen LogP contribution in [0.4, 0.5) is 24.5 Å². The Balaban J connectivity index is 2.04. The van der Waals surface area contributed by atoms with Crippen LogP contribution in [0.15, 0.2) is 36.5 Å². The molecule has 0 bridgehead atoms. The van der Waals surface area contributed by atoms with Crippen molar-refractivity contribution in [1.29, 1.82) is 0 Å². The number of anilines is 1. The van der Waals surface area contributed by atoms with Crippen molar-refractivity contribution in [1.82, 2.24) is 4.98 Å². The number of carbonyl (C=O) groups is 1. The Hall–Kier alpha value is -2.88. The smallest absolute Gasteiger partial charge is 0.422 e. The number of nitrogens with zero attached hydrogens (tertiary/aromatic N) is 2. The topological polar surface area (TPSA) is 94.4 Å². The van der Waals surface area contributed by atoms with Crippen LogP contribution < -0.4 is 10.1 Å². The maximum absolute atomic E-state index is 12.1. The molecule has 2 aromatic rings. The number of ether oxygens (including phenoxy) is 1. The SMILES string of the molecule is O=C(Nc1ccc(OCC(F)(F)F)nc1)c1ccc([N+](=O)[O-])cc1Cl. The van der Waals surface area contributed by atoms with Crippen molar-refractivity contribution in [3.8, 4) is 5.88 Å². The highest BCUT2D eigenvalue weighted by Gasteiger charge is 2.28. The number of amides is 1. The van der Waals surface area contributed by atoms with E-state index in [4.69, 9.17) is 11.6 Å². The normalized spacial score (nSPS) is 11.0. The second-order valence-electron chi connectivity index (χ2n) is 4.66. The van der Waals surface area contributed by atoms with Gasteiger partial charge in [0.15, 0.2) is 6.61 Å². The van der Waals surface area contributed by atoms with Gasteiger partial charge >= 0.3 is 6.18 Å². The zero-order valence-corrected chi connectivity index (χ0v) is 13.0. The number of pyridine rings is 1. The zero-order valence-electron chi connectivity index (χ0n) is 12.2. The zero-order chi connectivity index (χ0) is 18.6. The van der Waals surface area contributed by atoms with Crippen molar-refractivity contribution in [2.45, 2.75) is 6.18 Å². The van der Waals surface area contributed by atoms with E-state index >= 15 is 0 Å². The van der Waals surface area contributed by atoms with Gasteiger partial charge in [0.25, 0.3) is 11.6 Å². The van der Waals surface area contributed by atoms with E-state index in [9.17, 15) is 28.1 Å². The van der Waals surface area contributed by atoms with Gasteiger partial charge in [-0.05, 0) is 12.1 Å². The number of nitro benzene ring substituents is 1. The van der Waals surface area contributed by atoms with Crippen LogP contribution >= 0.6 is 11.6 Å². The Morgan fingerprint density at radius 3 is 2.56 bits per heavy atom. The van der Waals surface area contributed by atoms with Crippen LogP contribution in [0, 0.1) is 10.1 Å². The summed E-state index contributed by atoms with van der Waals surface area (Å²) in [6.45, 7) is -1.48. The molecule has 0 atom stereocenters. The molecule has 11 heteroatoms. The lowest BCUT2D eigenvalue weighted by atomic mass is 10.2. The van der Waals surface area contributed by atoms with Crippen LogP contribution in [-0.2, 0) is 0 Å².